The lowest BCUT2D eigenvalue weighted by atomic mass is 10.00. The second-order valence-electron chi connectivity index (χ2n) is 8.20. The Hall–Kier alpha value is -4.88. The van der Waals surface area contributed by atoms with Gasteiger partial charge < -0.3 is 29.6 Å². The summed E-state index contributed by atoms with van der Waals surface area (Å²) in [5.74, 6) is -7.70. The normalized spacial score (nSPS) is 13.4. The van der Waals surface area contributed by atoms with Crippen molar-refractivity contribution in [3.05, 3.63) is 60.2 Å². The van der Waals surface area contributed by atoms with E-state index in [-0.39, 0.29) is 11.4 Å². The molecule has 214 valence electrons. The molecule has 2 rings (SSSR count). The quantitative estimate of drug-likeness (QED) is 0.306. The zero-order valence-corrected chi connectivity index (χ0v) is 21.8. The number of esters is 4. The van der Waals surface area contributed by atoms with Gasteiger partial charge in [-0.25, -0.2) is 8.78 Å². The second-order valence-corrected chi connectivity index (χ2v) is 8.20. The predicted octanol–water partition coefficient (Wildman–Crippen LogP) is 2.27. The summed E-state index contributed by atoms with van der Waals surface area (Å²) in [6, 6.07) is 8.83. The van der Waals surface area contributed by atoms with Crippen molar-refractivity contribution >= 4 is 47.1 Å². The molecule has 0 unspecified atom stereocenters. The van der Waals surface area contributed by atoms with Crippen molar-refractivity contribution in [3.8, 4) is 0 Å². The molecule has 12 nitrogen and oxygen atoms in total. The minimum Gasteiger partial charge on any atom is -0.454 e. The van der Waals surface area contributed by atoms with Gasteiger partial charge in [0.15, 0.2) is 12.2 Å². The van der Waals surface area contributed by atoms with Crippen molar-refractivity contribution in [1.82, 2.24) is 0 Å². The lowest BCUT2D eigenvalue weighted by Gasteiger charge is -2.34. The highest BCUT2D eigenvalue weighted by Gasteiger charge is 2.49. The zero-order valence-electron chi connectivity index (χ0n) is 21.8. The van der Waals surface area contributed by atoms with Gasteiger partial charge in [-0.15, -0.1) is 0 Å². The summed E-state index contributed by atoms with van der Waals surface area (Å²) in [4.78, 5) is 74.5. The summed E-state index contributed by atoms with van der Waals surface area (Å²) < 4.78 is 47.2. The third-order valence-electron chi connectivity index (χ3n) is 4.85. The largest absolute Gasteiger partial charge is 0.454 e. The number of benzene rings is 2. The maximum Gasteiger partial charge on any atom is 0.303 e. The summed E-state index contributed by atoms with van der Waals surface area (Å²) in [7, 11) is 0. The van der Waals surface area contributed by atoms with Gasteiger partial charge in [0.1, 0.15) is 11.6 Å². The van der Waals surface area contributed by atoms with Crippen LogP contribution in [0.15, 0.2) is 48.5 Å². The molecule has 0 aliphatic heterocycles. The van der Waals surface area contributed by atoms with Crippen LogP contribution >= 0.6 is 0 Å². The Kier molecular flexibility index (Phi) is 11.2. The number of hydrogen-bond acceptors (Lipinski definition) is 10. The van der Waals surface area contributed by atoms with E-state index in [9.17, 15) is 37.5 Å². The maximum atomic E-state index is 13.3. The molecule has 40 heavy (non-hydrogen) atoms. The summed E-state index contributed by atoms with van der Waals surface area (Å²) >= 11 is 0. The van der Waals surface area contributed by atoms with E-state index < -0.39 is 71.7 Å². The maximum absolute atomic E-state index is 13.3. The van der Waals surface area contributed by atoms with Crippen LogP contribution in [-0.2, 0) is 47.7 Å². The number of carbonyl (C=O) groups excluding carboxylic acids is 6. The van der Waals surface area contributed by atoms with Gasteiger partial charge in [-0.05, 0) is 48.5 Å². The summed E-state index contributed by atoms with van der Waals surface area (Å²) in [6.45, 7) is 3.68. The Morgan fingerprint density at radius 1 is 0.525 bits per heavy atom. The van der Waals surface area contributed by atoms with E-state index in [1.54, 1.807) is 0 Å². The molecule has 0 saturated heterocycles. The van der Waals surface area contributed by atoms with Gasteiger partial charge >= 0.3 is 23.9 Å². The fourth-order valence-corrected chi connectivity index (χ4v) is 3.38. The van der Waals surface area contributed by atoms with E-state index in [1.807, 2.05) is 0 Å². The van der Waals surface area contributed by atoms with Crippen LogP contribution in [0.5, 0.6) is 0 Å². The Bertz CT molecular complexity index is 1150. The summed E-state index contributed by atoms with van der Waals surface area (Å²) in [5, 5.41) is 4.66. The molecule has 4 atom stereocenters. The van der Waals surface area contributed by atoms with E-state index in [0.717, 1.165) is 52.0 Å². The monoisotopic (exact) mass is 564 g/mol. The van der Waals surface area contributed by atoms with Crippen LogP contribution < -0.4 is 10.6 Å². The molecule has 0 spiro atoms. The molecule has 0 aliphatic rings. The van der Waals surface area contributed by atoms with Crippen LogP contribution in [0.2, 0.25) is 0 Å². The minimum atomic E-state index is -2.08. The van der Waals surface area contributed by atoms with Gasteiger partial charge in [-0.1, -0.05) is 0 Å². The van der Waals surface area contributed by atoms with Crippen LogP contribution in [0, 0.1) is 11.6 Å². The molecule has 2 aromatic carbocycles. The lowest BCUT2D eigenvalue weighted by molar-refractivity contribution is -0.198. The Morgan fingerprint density at radius 3 is 1.05 bits per heavy atom. The highest BCUT2D eigenvalue weighted by molar-refractivity contribution is 5.98. The van der Waals surface area contributed by atoms with Gasteiger partial charge in [0.2, 0.25) is 12.2 Å². The molecule has 0 aromatic heterocycles. The molecule has 0 radical (unpaired) electrons. The highest BCUT2D eigenvalue weighted by Crippen LogP contribution is 2.23. The smallest absolute Gasteiger partial charge is 0.303 e. The number of carbonyl (C=O) groups is 6. The van der Waals surface area contributed by atoms with Crippen molar-refractivity contribution in [2.24, 2.45) is 0 Å². The Morgan fingerprint density at radius 2 is 0.800 bits per heavy atom. The Labute approximate surface area is 226 Å². The molecule has 2 amide bonds. The lowest BCUT2D eigenvalue weighted by Crippen LogP contribution is -2.57. The highest BCUT2D eigenvalue weighted by atomic mass is 19.1. The number of rotatable bonds is 11. The fraction of sp³-hybridized carbons (Fsp3) is 0.308. The number of halogens is 2. The van der Waals surface area contributed by atoms with Crippen LogP contribution in [-0.4, -0.2) is 60.1 Å². The molecule has 0 heterocycles. The molecule has 2 N–H and O–H groups in total. The molecular formula is C26H26F2N2O10. The first-order chi connectivity index (χ1) is 18.8. The minimum absolute atomic E-state index is 0.0414. The van der Waals surface area contributed by atoms with Crippen LogP contribution in [0.3, 0.4) is 0 Å². The van der Waals surface area contributed by atoms with Crippen LogP contribution in [0.1, 0.15) is 27.7 Å². The molecule has 2 aromatic rings. The number of anilines is 2. The average molecular weight is 564 g/mol. The zero-order chi connectivity index (χ0) is 30.0. The van der Waals surface area contributed by atoms with E-state index in [2.05, 4.69) is 10.6 Å². The topological polar surface area (TPSA) is 163 Å². The molecule has 0 fully saturated rings. The molecule has 0 bridgehead atoms. The average Bonchev–Trinajstić information content (AvgIpc) is 2.85. The van der Waals surface area contributed by atoms with Crippen molar-refractivity contribution in [2.75, 3.05) is 10.6 Å². The first-order valence-electron chi connectivity index (χ1n) is 11.6. The first kappa shape index (κ1) is 31.3. The van der Waals surface area contributed by atoms with Crippen LogP contribution in [0.25, 0.3) is 0 Å². The van der Waals surface area contributed by atoms with Gasteiger partial charge in [-0.2, -0.15) is 0 Å². The van der Waals surface area contributed by atoms with Gasteiger partial charge in [-0.3, -0.25) is 28.8 Å². The Balaban J connectivity index is 2.58. The van der Waals surface area contributed by atoms with E-state index in [0.29, 0.717) is 0 Å². The first-order valence-corrected chi connectivity index (χ1v) is 11.6. The van der Waals surface area contributed by atoms with Crippen molar-refractivity contribution in [2.45, 2.75) is 52.1 Å². The standard InChI is InChI=1S/C26H26F2N2O10/c1-13(31)37-21(23(39-15(3)33)25(35)29-19-9-5-17(27)6-10-19)22(38-14(2)32)24(40-16(4)34)26(36)30-20-11-7-18(28)8-12-20/h5-12,21-24H,1-4H3,(H,29,35)(H,30,36)/t21-,22-,23+,24+/m1/s1. The number of hydrogen-bond donors (Lipinski definition) is 2. The van der Waals surface area contributed by atoms with Gasteiger partial charge in [0.25, 0.3) is 11.8 Å². The van der Waals surface area contributed by atoms with Crippen molar-refractivity contribution in [3.63, 3.8) is 0 Å². The molecule has 14 heteroatoms. The third-order valence-corrected chi connectivity index (χ3v) is 4.85. The molecule has 0 saturated carbocycles. The molecule has 0 aliphatic carbocycles. The summed E-state index contributed by atoms with van der Waals surface area (Å²) in [6.07, 6.45) is -8.25. The predicted molar refractivity (Wildman–Crippen MR) is 132 cm³/mol. The van der Waals surface area contributed by atoms with Gasteiger partial charge in [0.05, 0.1) is 0 Å². The van der Waals surface area contributed by atoms with Crippen LogP contribution in [0.4, 0.5) is 20.2 Å². The number of nitrogens with one attached hydrogen (secondary N) is 2. The molecular weight excluding hydrogens is 538 g/mol. The third kappa shape index (κ3) is 9.78. The summed E-state index contributed by atoms with van der Waals surface area (Å²) in [5.41, 5.74) is 0.0829. The van der Waals surface area contributed by atoms with Crippen molar-refractivity contribution < 1.29 is 56.5 Å². The number of amides is 2. The second kappa shape index (κ2) is 14.3. The van der Waals surface area contributed by atoms with Gasteiger partial charge in [0, 0.05) is 39.1 Å². The van der Waals surface area contributed by atoms with E-state index in [1.165, 1.54) is 24.3 Å². The number of ether oxygens (including phenoxy) is 4. The van der Waals surface area contributed by atoms with E-state index >= 15 is 0 Å². The van der Waals surface area contributed by atoms with E-state index in [4.69, 9.17) is 18.9 Å². The SMILES string of the molecule is CC(=O)O[C@H]([C@@H](OC(C)=O)[C@H](OC(C)=O)C(=O)Nc1ccc(F)cc1)[C@H](OC(C)=O)C(=O)Nc1ccc(F)cc1. The van der Waals surface area contributed by atoms with Crippen molar-refractivity contribution in [1.29, 1.82) is 0 Å². The fourth-order valence-electron chi connectivity index (χ4n) is 3.38.